The third-order valence-corrected chi connectivity index (χ3v) is 3.50. The highest BCUT2D eigenvalue weighted by molar-refractivity contribution is 9.10. The SMILES string of the molecule is O=C(Cc1cccc(Br)c1)NCC1CCNC1. The van der Waals surface area contributed by atoms with Crippen LogP contribution in [-0.4, -0.2) is 25.5 Å². The second-order valence-electron chi connectivity index (χ2n) is 4.47. The molecule has 0 spiro atoms. The summed E-state index contributed by atoms with van der Waals surface area (Å²) in [6.07, 6.45) is 1.62. The number of carbonyl (C=O) groups excluding carboxylic acids is 1. The van der Waals surface area contributed by atoms with Crippen molar-refractivity contribution in [2.45, 2.75) is 12.8 Å². The number of halogens is 1. The van der Waals surface area contributed by atoms with E-state index in [9.17, 15) is 4.79 Å². The van der Waals surface area contributed by atoms with Crippen LogP contribution in [0.4, 0.5) is 0 Å². The third kappa shape index (κ3) is 4.13. The molecule has 92 valence electrons. The zero-order chi connectivity index (χ0) is 12.1. The van der Waals surface area contributed by atoms with Gasteiger partial charge in [-0.1, -0.05) is 28.1 Å². The molecule has 1 aliphatic heterocycles. The molecular weight excluding hydrogens is 280 g/mol. The second-order valence-corrected chi connectivity index (χ2v) is 5.39. The van der Waals surface area contributed by atoms with E-state index in [1.165, 1.54) is 0 Å². The van der Waals surface area contributed by atoms with Gasteiger partial charge in [-0.15, -0.1) is 0 Å². The average Bonchev–Trinajstić information content (AvgIpc) is 2.79. The van der Waals surface area contributed by atoms with Gasteiger partial charge < -0.3 is 10.6 Å². The molecule has 1 atom stereocenters. The van der Waals surface area contributed by atoms with E-state index < -0.39 is 0 Å². The van der Waals surface area contributed by atoms with Gasteiger partial charge >= 0.3 is 0 Å². The maximum atomic E-state index is 11.7. The molecular formula is C13H17BrN2O. The van der Waals surface area contributed by atoms with Gasteiger partial charge in [0.2, 0.25) is 5.91 Å². The monoisotopic (exact) mass is 296 g/mol. The summed E-state index contributed by atoms with van der Waals surface area (Å²) in [4.78, 5) is 11.7. The first-order valence-electron chi connectivity index (χ1n) is 5.96. The van der Waals surface area contributed by atoms with E-state index in [0.29, 0.717) is 12.3 Å². The van der Waals surface area contributed by atoms with E-state index in [1.807, 2.05) is 24.3 Å². The highest BCUT2D eigenvalue weighted by Gasteiger charge is 2.15. The number of amides is 1. The molecule has 1 aliphatic rings. The predicted octanol–water partition coefficient (Wildman–Crippen LogP) is 1.72. The number of benzene rings is 1. The van der Waals surface area contributed by atoms with E-state index in [2.05, 4.69) is 26.6 Å². The first kappa shape index (κ1) is 12.6. The van der Waals surface area contributed by atoms with Crippen molar-refractivity contribution in [3.05, 3.63) is 34.3 Å². The lowest BCUT2D eigenvalue weighted by atomic mass is 10.1. The zero-order valence-corrected chi connectivity index (χ0v) is 11.3. The Morgan fingerprint density at radius 2 is 2.41 bits per heavy atom. The molecule has 4 heteroatoms. The summed E-state index contributed by atoms with van der Waals surface area (Å²) >= 11 is 3.40. The molecule has 1 unspecified atom stereocenters. The van der Waals surface area contributed by atoms with Crippen LogP contribution in [0, 0.1) is 5.92 Å². The highest BCUT2D eigenvalue weighted by Crippen LogP contribution is 2.12. The summed E-state index contributed by atoms with van der Waals surface area (Å²) in [5.74, 6) is 0.705. The van der Waals surface area contributed by atoms with E-state index >= 15 is 0 Å². The Hall–Kier alpha value is -0.870. The quantitative estimate of drug-likeness (QED) is 0.888. The Morgan fingerprint density at radius 3 is 3.12 bits per heavy atom. The smallest absolute Gasteiger partial charge is 0.224 e. The van der Waals surface area contributed by atoms with Crippen molar-refractivity contribution >= 4 is 21.8 Å². The van der Waals surface area contributed by atoms with Gasteiger partial charge in [0.05, 0.1) is 6.42 Å². The highest BCUT2D eigenvalue weighted by atomic mass is 79.9. The molecule has 1 amide bonds. The molecule has 1 saturated heterocycles. The van der Waals surface area contributed by atoms with Crippen LogP contribution in [0.15, 0.2) is 28.7 Å². The third-order valence-electron chi connectivity index (χ3n) is 3.00. The molecule has 17 heavy (non-hydrogen) atoms. The Morgan fingerprint density at radius 1 is 1.53 bits per heavy atom. The van der Waals surface area contributed by atoms with Crippen LogP contribution < -0.4 is 10.6 Å². The van der Waals surface area contributed by atoms with E-state index in [4.69, 9.17) is 0 Å². The first-order valence-corrected chi connectivity index (χ1v) is 6.75. The van der Waals surface area contributed by atoms with E-state index in [1.54, 1.807) is 0 Å². The summed E-state index contributed by atoms with van der Waals surface area (Å²) in [6, 6.07) is 7.87. The van der Waals surface area contributed by atoms with Crippen LogP contribution in [0.5, 0.6) is 0 Å². The van der Waals surface area contributed by atoms with Gasteiger partial charge in [0.25, 0.3) is 0 Å². The maximum absolute atomic E-state index is 11.7. The molecule has 0 bridgehead atoms. The lowest BCUT2D eigenvalue weighted by molar-refractivity contribution is -0.120. The van der Waals surface area contributed by atoms with Crippen LogP contribution in [-0.2, 0) is 11.2 Å². The zero-order valence-electron chi connectivity index (χ0n) is 9.71. The molecule has 1 aromatic carbocycles. The minimum Gasteiger partial charge on any atom is -0.355 e. The van der Waals surface area contributed by atoms with Gasteiger partial charge in [-0.05, 0) is 43.1 Å². The molecule has 0 saturated carbocycles. The number of carbonyl (C=O) groups is 1. The molecule has 0 radical (unpaired) electrons. The second kappa shape index (κ2) is 6.17. The summed E-state index contributed by atoms with van der Waals surface area (Å²) in [5.41, 5.74) is 1.04. The minimum absolute atomic E-state index is 0.106. The lowest BCUT2D eigenvalue weighted by Crippen LogP contribution is -2.31. The predicted molar refractivity (Wildman–Crippen MR) is 71.8 cm³/mol. The summed E-state index contributed by atoms with van der Waals surface area (Å²) in [5, 5.41) is 6.29. The molecule has 1 fully saturated rings. The average molecular weight is 297 g/mol. The Kier molecular flexibility index (Phi) is 4.57. The summed E-state index contributed by atoms with van der Waals surface area (Å²) < 4.78 is 1.02. The van der Waals surface area contributed by atoms with E-state index in [-0.39, 0.29) is 5.91 Å². The fraction of sp³-hybridized carbons (Fsp3) is 0.462. The minimum atomic E-state index is 0.106. The molecule has 0 aliphatic carbocycles. The van der Waals surface area contributed by atoms with Crippen LogP contribution in [0.2, 0.25) is 0 Å². The van der Waals surface area contributed by atoms with Crippen molar-refractivity contribution in [2.75, 3.05) is 19.6 Å². The largest absolute Gasteiger partial charge is 0.355 e. The van der Waals surface area contributed by atoms with Crippen molar-refractivity contribution in [3.8, 4) is 0 Å². The topological polar surface area (TPSA) is 41.1 Å². The standard InChI is InChI=1S/C13H17BrN2O/c14-12-3-1-2-10(6-12)7-13(17)16-9-11-4-5-15-8-11/h1-3,6,11,15H,4-5,7-9H2,(H,16,17). The summed E-state index contributed by atoms with van der Waals surface area (Å²) in [7, 11) is 0. The molecule has 2 rings (SSSR count). The number of hydrogen-bond acceptors (Lipinski definition) is 2. The van der Waals surface area contributed by atoms with Crippen LogP contribution in [0.25, 0.3) is 0 Å². The van der Waals surface area contributed by atoms with Crippen molar-refractivity contribution in [3.63, 3.8) is 0 Å². The van der Waals surface area contributed by atoms with Gasteiger partial charge in [0.1, 0.15) is 0 Å². The molecule has 1 aromatic rings. The fourth-order valence-corrected chi connectivity index (χ4v) is 2.49. The number of nitrogens with one attached hydrogen (secondary N) is 2. The summed E-state index contributed by atoms with van der Waals surface area (Å²) in [6.45, 7) is 2.89. The normalized spacial score (nSPS) is 19.2. The maximum Gasteiger partial charge on any atom is 0.224 e. The molecule has 0 aromatic heterocycles. The Labute approximate surface area is 110 Å². The number of rotatable bonds is 4. The number of hydrogen-bond donors (Lipinski definition) is 2. The Balaban J connectivity index is 1.76. The van der Waals surface area contributed by atoms with Gasteiger partial charge in [-0.3, -0.25) is 4.79 Å². The molecule has 3 nitrogen and oxygen atoms in total. The molecule has 1 heterocycles. The van der Waals surface area contributed by atoms with Crippen molar-refractivity contribution < 1.29 is 4.79 Å². The van der Waals surface area contributed by atoms with Crippen LogP contribution >= 0.6 is 15.9 Å². The van der Waals surface area contributed by atoms with Crippen molar-refractivity contribution in [1.29, 1.82) is 0 Å². The lowest BCUT2D eigenvalue weighted by Gasteiger charge is -2.10. The first-order chi connectivity index (χ1) is 8.24. The molecule has 2 N–H and O–H groups in total. The fourth-order valence-electron chi connectivity index (χ4n) is 2.04. The van der Waals surface area contributed by atoms with E-state index in [0.717, 1.165) is 36.1 Å². The van der Waals surface area contributed by atoms with Crippen molar-refractivity contribution in [1.82, 2.24) is 10.6 Å². The van der Waals surface area contributed by atoms with Gasteiger partial charge in [0, 0.05) is 11.0 Å². The van der Waals surface area contributed by atoms with Crippen LogP contribution in [0.3, 0.4) is 0 Å². The Bertz CT molecular complexity index is 389. The van der Waals surface area contributed by atoms with Crippen molar-refractivity contribution in [2.24, 2.45) is 5.92 Å². The van der Waals surface area contributed by atoms with Crippen LogP contribution in [0.1, 0.15) is 12.0 Å². The van der Waals surface area contributed by atoms with Gasteiger partial charge in [0.15, 0.2) is 0 Å². The van der Waals surface area contributed by atoms with Gasteiger partial charge in [-0.25, -0.2) is 0 Å². The van der Waals surface area contributed by atoms with Gasteiger partial charge in [-0.2, -0.15) is 0 Å².